The van der Waals surface area contributed by atoms with Crippen LogP contribution in [0.3, 0.4) is 0 Å². The van der Waals surface area contributed by atoms with Gasteiger partial charge in [-0.2, -0.15) is 0 Å². The molecule has 0 atom stereocenters. The van der Waals surface area contributed by atoms with Crippen LogP contribution in [0, 0.1) is 5.92 Å². The van der Waals surface area contributed by atoms with E-state index in [0.717, 1.165) is 0 Å². The van der Waals surface area contributed by atoms with Crippen molar-refractivity contribution < 1.29 is 9.59 Å². The topological polar surface area (TPSA) is 113 Å². The summed E-state index contributed by atoms with van der Waals surface area (Å²) in [5.41, 5.74) is 0.714. The van der Waals surface area contributed by atoms with Gasteiger partial charge in [0, 0.05) is 30.3 Å². The molecule has 0 saturated carbocycles. The van der Waals surface area contributed by atoms with Crippen molar-refractivity contribution in [3.05, 3.63) is 69.4 Å². The number of H-pyrrole nitrogens is 1. The number of nitrogens with zero attached hydrogens (tertiary/aromatic N) is 1. The molecule has 0 saturated heterocycles. The van der Waals surface area contributed by atoms with Crippen molar-refractivity contribution in [2.24, 2.45) is 5.92 Å². The summed E-state index contributed by atoms with van der Waals surface area (Å²) in [6, 6.07) is 13.5. The Kier molecular flexibility index (Phi) is 5.92. The highest BCUT2D eigenvalue weighted by Gasteiger charge is 2.10. The van der Waals surface area contributed by atoms with Crippen molar-refractivity contribution in [2.75, 3.05) is 10.6 Å². The third kappa shape index (κ3) is 4.78. The van der Waals surface area contributed by atoms with Crippen molar-refractivity contribution >= 4 is 34.1 Å². The Hall–Kier alpha value is -3.68. The van der Waals surface area contributed by atoms with Gasteiger partial charge in [0.15, 0.2) is 0 Å². The average Bonchev–Trinajstić information content (AvgIpc) is 2.69. The van der Waals surface area contributed by atoms with Gasteiger partial charge in [0.05, 0.1) is 10.9 Å². The summed E-state index contributed by atoms with van der Waals surface area (Å²) in [4.78, 5) is 50.3. The molecule has 0 bridgehead atoms. The zero-order chi connectivity index (χ0) is 21.0. The molecule has 29 heavy (non-hydrogen) atoms. The van der Waals surface area contributed by atoms with E-state index in [-0.39, 0.29) is 30.7 Å². The summed E-state index contributed by atoms with van der Waals surface area (Å²) in [7, 11) is 0. The van der Waals surface area contributed by atoms with Gasteiger partial charge in [0.1, 0.15) is 0 Å². The second kappa shape index (κ2) is 8.55. The van der Waals surface area contributed by atoms with Gasteiger partial charge in [-0.05, 0) is 36.4 Å². The number of benzene rings is 2. The lowest BCUT2D eigenvalue weighted by Gasteiger charge is -2.11. The Morgan fingerprint density at radius 2 is 1.59 bits per heavy atom. The van der Waals surface area contributed by atoms with E-state index >= 15 is 0 Å². The fourth-order valence-corrected chi connectivity index (χ4v) is 2.82. The normalized spacial score (nSPS) is 10.9. The minimum absolute atomic E-state index is 0.0573. The molecule has 1 heterocycles. The Morgan fingerprint density at radius 3 is 2.24 bits per heavy atom. The highest BCUT2D eigenvalue weighted by atomic mass is 16.2. The van der Waals surface area contributed by atoms with E-state index in [1.807, 2.05) is 0 Å². The van der Waals surface area contributed by atoms with Gasteiger partial charge in [-0.15, -0.1) is 0 Å². The fourth-order valence-electron chi connectivity index (χ4n) is 2.82. The van der Waals surface area contributed by atoms with Crippen molar-refractivity contribution in [1.29, 1.82) is 0 Å². The van der Waals surface area contributed by atoms with E-state index in [2.05, 4.69) is 15.6 Å². The number of aromatic nitrogens is 2. The predicted octanol–water partition coefficient (Wildman–Crippen LogP) is 2.31. The molecule has 0 fully saturated rings. The van der Waals surface area contributed by atoms with Crippen molar-refractivity contribution in [3.8, 4) is 0 Å². The predicted molar refractivity (Wildman–Crippen MR) is 112 cm³/mol. The Labute approximate surface area is 166 Å². The molecule has 0 aliphatic rings. The number of hydrogen-bond donors (Lipinski definition) is 3. The first-order chi connectivity index (χ1) is 13.8. The number of aromatic amines is 1. The molecule has 8 nitrogen and oxygen atoms in total. The van der Waals surface area contributed by atoms with Gasteiger partial charge >= 0.3 is 5.69 Å². The van der Waals surface area contributed by atoms with Crippen LogP contribution in [0.4, 0.5) is 11.4 Å². The third-order valence-electron chi connectivity index (χ3n) is 4.43. The minimum atomic E-state index is -0.549. The lowest BCUT2D eigenvalue weighted by Crippen LogP contribution is -2.31. The Balaban J connectivity index is 1.65. The van der Waals surface area contributed by atoms with E-state index < -0.39 is 11.2 Å². The monoisotopic (exact) mass is 394 g/mol. The number of anilines is 2. The van der Waals surface area contributed by atoms with Crippen LogP contribution < -0.4 is 21.9 Å². The minimum Gasteiger partial charge on any atom is -0.326 e. The largest absolute Gasteiger partial charge is 0.328 e. The molecule has 150 valence electrons. The van der Waals surface area contributed by atoms with Crippen molar-refractivity contribution in [2.45, 2.75) is 26.8 Å². The summed E-state index contributed by atoms with van der Waals surface area (Å²) in [5.74, 6) is -0.478. The molecule has 0 aliphatic heterocycles. The van der Waals surface area contributed by atoms with E-state index in [1.54, 1.807) is 62.4 Å². The molecule has 0 radical (unpaired) electrons. The van der Waals surface area contributed by atoms with Gasteiger partial charge in [-0.25, -0.2) is 4.79 Å². The molecule has 1 aromatic heterocycles. The van der Waals surface area contributed by atoms with E-state index in [9.17, 15) is 19.2 Å². The molecule has 0 aliphatic carbocycles. The van der Waals surface area contributed by atoms with Crippen LogP contribution in [0.5, 0.6) is 0 Å². The van der Waals surface area contributed by atoms with Crippen LogP contribution in [-0.4, -0.2) is 21.4 Å². The number of para-hydroxylation sites is 1. The lowest BCUT2D eigenvalue weighted by atomic mass is 10.2. The Bertz CT molecular complexity index is 1160. The van der Waals surface area contributed by atoms with Crippen LogP contribution in [0.1, 0.15) is 20.3 Å². The smallest absolute Gasteiger partial charge is 0.326 e. The number of nitrogens with one attached hydrogen (secondary N) is 3. The van der Waals surface area contributed by atoms with Crippen LogP contribution in [0.2, 0.25) is 0 Å². The number of rotatable bonds is 6. The molecule has 8 heteroatoms. The first-order valence-corrected chi connectivity index (χ1v) is 9.28. The van der Waals surface area contributed by atoms with E-state index in [1.165, 1.54) is 4.57 Å². The molecule has 0 unspecified atom stereocenters. The summed E-state index contributed by atoms with van der Waals surface area (Å²) in [6.07, 6.45) is 0.0573. The number of carbonyl (C=O) groups is 2. The lowest BCUT2D eigenvalue weighted by molar-refractivity contribution is -0.119. The van der Waals surface area contributed by atoms with Gasteiger partial charge in [-0.1, -0.05) is 26.0 Å². The van der Waals surface area contributed by atoms with Gasteiger partial charge in [-0.3, -0.25) is 23.9 Å². The fraction of sp³-hybridized carbons (Fsp3) is 0.238. The summed E-state index contributed by atoms with van der Waals surface area (Å²) < 4.78 is 1.38. The summed E-state index contributed by atoms with van der Waals surface area (Å²) in [5, 5.41) is 5.93. The maximum absolute atomic E-state index is 12.3. The summed E-state index contributed by atoms with van der Waals surface area (Å²) in [6.45, 7) is 3.74. The zero-order valence-corrected chi connectivity index (χ0v) is 16.2. The van der Waals surface area contributed by atoms with Crippen LogP contribution in [-0.2, 0) is 16.1 Å². The highest BCUT2D eigenvalue weighted by molar-refractivity contribution is 5.93. The molecule has 3 N–H and O–H groups in total. The van der Waals surface area contributed by atoms with Gasteiger partial charge in [0.25, 0.3) is 5.56 Å². The maximum atomic E-state index is 12.3. The van der Waals surface area contributed by atoms with Crippen LogP contribution in [0.15, 0.2) is 58.1 Å². The summed E-state index contributed by atoms with van der Waals surface area (Å²) >= 11 is 0. The number of hydrogen-bond acceptors (Lipinski definition) is 4. The molecule has 3 rings (SSSR count). The standard InChI is InChI=1S/C21H22N4O4/c1-13(2)19(27)23-15-9-7-14(8-10-15)22-18(26)11-12-25-17-6-4-3-5-16(17)20(28)24-21(25)29/h3-10,13H,11-12H2,1-2H3,(H,22,26)(H,23,27)(H,24,28,29). The second-order valence-electron chi connectivity index (χ2n) is 6.95. The molecular weight excluding hydrogens is 372 g/mol. The van der Waals surface area contributed by atoms with Crippen LogP contribution >= 0.6 is 0 Å². The van der Waals surface area contributed by atoms with Gasteiger partial charge in [0.2, 0.25) is 11.8 Å². The maximum Gasteiger partial charge on any atom is 0.328 e. The van der Waals surface area contributed by atoms with Gasteiger partial charge < -0.3 is 10.6 Å². The van der Waals surface area contributed by atoms with Crippen molar-refractivity contribution in [3.63, 3.8) is 0 Å². The molecular formula is C21H22N4O4. The molecule has 2 aromatic carbocycles. The van der Waals surface area contributed by atoms with E-state index in [0.29, 0.717) is 22.3 Å². The third-order valence-corrected chi connectivity index (χ3v) is 4.43. The highest BCUT2D eigenvalue weighted by Crippen LogP contribution is 2.15. The number of carbonyl (C=O) groups excluding carboxylic acids is 2. The molecule has 3 aromatic rings. The SMILES string of the molecule is CC(C)C(=O)Nc1ccc(NC(=O)CCn2c(=O)[nH]c(=O)c3ccccc32)cc1. The van der Waals surface area contributed by atoms with E-state index in [4.69, 9.17) is 0 Å². The second-order valence-corrected chi connectivity index (χ2v) is 6.95. The quantitative estimate of drug-likeness (QED) is 0.595. The number of fused-ring (bicyclic) bond motifs is 1. The Morgan fingerprint density at radius 1 is 0.966 bits per heavy atom. The number of aryl methyl sites for hydroxylation is 1. The first-order valence-electron chi connectivity index (χ1n) is 9.28. The van der Waals surface area contributed by atoms with Crippen LogP contribution in [0.25, 0.3) is 10.9 Å². The molecule has 0 spiro atoms. The zero-order valence-electron chi connectivity index (χ0n) is 16.2. The van der Waals surface area contributed by atoms with Crippen molar-refractivity contribution in [1.82, 2.24) is 9.55 Å². The average molecular weight is 394 g/mol. The number of amides is 2. The first kappa shape index (κ1) is 20.1. The molecule has 2 amide bonds.